The van der Waals surface area contributed by atoms with E-state index in [0.717, 1.165) is 18.6 Å². The van der Waals surface area contributed by atoms with Crippen molar-refractivity contribution in [2.45, 2.75) is 104 Å². The van der Waals surface area contributed by atoms with Gasteiger partial charge in [0, 0.05) is 6.42 Å². The molecule has 160 valence electrons. The minimum Gasteiger partial charge on any atom is -0.469 e. The van der Waals surface area contributed by atoms with Crippen molar-refractivity contribution < 1.29 is 13.9 Å². The number of esters is 1. The Kier molecular flexibility index (Phi) is 15.4. The Bertz CT molecular complexity index is 490. The van der Waals surface area contributed by atoms with Gasteiger partial charge in [-0.2, -0.15) is 0 Å². The molecule has 3 heteroatoms. The molecule has 0 saturated heterocycles. The van der Waals surface area contributed by atoms with Crippen molar-refractivity contribution in [3.05, 3.63) is 36.3 Å². The van der Waals surface area contributed by atoms with Crippen molar-refractivity contribution >= 4 is 5.97 Å². The Balaban J connectivity index is 2.04. The average Bonchev–Trinajstić information content (AvgIpc) is 3.20. The molecular weight excluding hydrogens is 348 g/mol. The first-order valence-electron chi connectivity index (χ1n) is 11.6. The summed E-state index contributed by atoms with van der Waals surface area (Å²) in [7, 11) is 0. The molecule has 0 saturated carbocycles. The third-order valence-electron chi connectivity index (χ3n) is 5.21. The van der Waals surface area contributed by atoms with E-state index in [1.807, 2.05) is 19.1 Å². The molecule has 0 radical (unpaired) electrons. The summed E-state index contributed by atoms with van der Waals surface area (Å²) in [5, 5.41) is 0. The summed E-state index contributed by atoms with van der Waals surface area (Å²) >= 11 is 0. The number of carbonyl (C=O) groups excluding carboxylic acids is 1. The van der Waals surface area contributed by atoms with Crippen LogP contribution in [0.1, 0.15) is 103 Å². The lowest BCUT2D eigenvalue weighted by Gasteiger charge is -2.14. The molecule has 0 N–H and O–H groups in total. The highest BCUT2D eigenvalue weighted by molar-refractivity contribution is 5.72. The fraction of sp³-hybridized carbons (Fsp3) is 0.720. The van der Waals surface area contributed by atoms with E-state index < -0.39 is 0 Å². The lowest BCUT2D eigenvalue weighted by atomic mass is 9.96. The van der Waals surface area contributed by atoms with Crippen molar-refractivity contribution in [3.63, 3.8) is 0 Å². The predicted octanol–water partition coefficient (Wildman–Crippen LogP) is 7.65. The van der Waals surface area contributed by atoms with Gasteiger partial charge in [0.05, 0.1) is 18.8 Å². The number of carbonyl (C=O) groups is 1. The molecule has 0 aromatic carbocycles. The van der Waals surface area contributed by atoms with E-state index in [2.05, 4.69) is 19.1 Å². The van der Waals surface area contributed by atoms with Gasteiger partial charge in [-0.25, -0.2) is 0 Å². The molecule has 1 unspecified atom stereocenters. The van der Waals surface area contributed by atoms with E-state index in [-0.39, 0.29) is 11.9 Å². The van der Waals surface area contributed by atoms with E-state index in [4.69, 9.17) is 9.15 Å². The number of unbranched alkanes of at least 4 members (excludes halogenated alkanes) is 10. The Labute approximate surface area is 172 Å². The van der Waals surface area contributed by atoms with Gasteiger partial charge < -0.3 is 9.15 Å². The molecule has 0 bridgehead atoms. The van der Waals surface area contributed by atoms with E-state index in [1.54, 1.807) is 6.26 Å². The smallest absolute Gasteiger partial charge is 0.309 e. The Morgan fingerprint density at radius 2 is 1.61 bits per heavy atom. The summed E-state index contributed by atoms with van der Waals surface area (Å²) in [6.45, 7) is 4.57. The molecule has 0 aliphatic rings. The summed E-state index contributed by atoms with van der Waals surface area (Å²) in [6.07, 6.45) is 23.3. The second-order valence-electron chi connectivity index (χ2n) is 7.75. The van der Waals surface area contributed by atoms with Gasteiger partial charge in [-0.3, -0.25) is 4.79 Å². The third kappa shape index (κ3) is 12.8. The topological polar surface area (TPSA) is 39.4 Å². The molecule has 1 aromatic heterocycles. The van der Waals surface area contributed by atoms with Gasteiger partial charge in [0.15, 0.2) is 0 Å². The van der Waals surface area contributed by atoms with Crippen molar-refractivity contribution in [1.29, 1.82) is 0 Å². The molecule has 3 nitrogen and oxygen atoms in total. The number of furan rings is 1. The highest BCUT2D eigenvalue weighted by atomic mass is 16.5. The van der Waals surface area contributed by atoms with Gasteiger partial charge in [-0.15, -0.1) is 0 Å². The molecule has 0 aliphatic heterocycles. The van der Waals surface area contributed by atoms with E-state index in [9.17, 15) is 4.79 Å². The molecule has 1 heterocycles. The number of rotatable bonds is 18. The van der Waals surface area contributed by atoms with Gasteiger partial charge in [0.1, 0.15) is 5.76 Å². The van der Waals surface area contributed by atoms with Crippen molar-refractivity contribution in [2.75, 3.05) is 6.61 Å². The highest BCUT2D eigenvalue weighted by Gasteiger charge is 2.21. The summed E-state index contributed by atoms with van der Waals surface area (Å²) in [5.74, 6) is 0.702. The van der Waals surface area contributed by atoms with Crippen molar-refractivity contribution in [3.8, 4) is 0 Å². The second kappa shape index (κ2) is 17.6. The normalized spacial score (nSPS) is 12.5. The zero-order valence-electron chi connectivity index (χ0n) is 18.3. The predicted molar refractivity (Wildman–Crippen MR) is 117 cm³/mol. The van der Waals surface area contributed by atoms with Crippen LogP contribution < -0.4 is 0 Å². The largest absolute Gasteiger partial charge is 0.469 e. The second-order valence-corrected chi connectivity index (χ2v) is 7.75. The van der Waals surface area contributed by atoms with Gasteiger partial charge in [-0.1, -0.05) is 70.4 Å². The van der Waals surface area contributed by atoms with Gasteiger partial charge in [-0.05, 0) is 51.2 Å². The molecule has 1 atom stereocenters. The summed E-state index contributed by atoms with van der Waals surface area (Å²) in [5.41, 5.74) is 0. The lowest BCUT2D eigenvalue weighted by molar-refractivity contribution is -0.148. The highest BCUT2D eigenvalue weighted by Crippen LogP contribution is 2.19. The molecule has 1 rings (SSSR count). The Hall–Kier alpha value is -1.51. The number of hydrogen-bond acceptors (Lipinski definition) is 3. The molecule has 0 amide bonds. The SMILES string of the molecule is CCCCCCCC/C=C\CCCCCCC(Cc1ccco1)C(=O)OCC. The minimum absolute atomic E-state index is 0.0803. The first-order chi connectivity index (χ1) is 13.8. The van der Waals surface area contributed by atoms with Crippen LogP contribution in [0.4, 0.5) is 0 Å². The fourth-order valence-corrected chi connectivity index (χ4v) is 3.52. The molecule has 1 aromatic rings. The number of ether oxygens (including phenoxy) is 1. The third-order valence-corrected chi connectivity index (χ3v) is 5.21. The molecular formula is C25H42O3. The van der Waals surface area contributed by atoms with E-state index >= 15 is 0 Å². The van der Waals surface area contributed by atoms with Crippen LogP contribution in [0, 0.1) is 5.92 Å². The fourth-order valence-electron chi connectivity index (χ4n) is 3.52. The summed E-state index contributed by atoms with van der Waals surface area (Å²) in [6, 6.07) is 3.81. The monoisotopic (exact) mass is 390 g/mol. The van der Waals surface area contributed by atoms with Crippen LogP contribution >= 0.6 is 0 Å². The summed E-state index contributed by atoms with van der Waals surface area (Å²) in [4.78, 5) is 12.2. The zero-order valence-corrected chi connectivity index (χ0v) is 18.3. The zero-order chi connectivity index (χ0) is 20.3. The standard InChI is InChI=1S/C25H42O3/c1-3-5-6-7-8-9-10-11-12-13-14-15-16-17-19-23(25(26)27-4-2)22-24-20-18-21-28-24/h11-12,18,20-21,23H,3-10,13-17,19,22H2,1-2H3/b12-11-. The first-order valence-corrected chi connectivity index (χ1v) is 11.6. The Morgan fingerprint density at radius 1 is 0.964 bits per heavy atom. The molecule has 0 fully saturated rings. The first kappa shape index (κ1) is 24.5. The van der Waals surface area contributed by atoms with Gasteiger partial charge in [0.25, 0.3) is 0 Å². The quantitative estimate of drug-likeness (QED) is 0.147. The van der Waals surface area contributed by atoms with Crippen LogP contribution in [-0.4, -0.2) is 12.6 Å². The maximum atomic E-state index is 12.2. The molecule has 28 heavy (non-hydrogen) atoms. The van der Waals surface area contributed by atoms with Crippen LogP contribution in [0.3, 0.4) is 0 Å². The van der Waals surface area contributed by atoms with Crippen LogP contribution in [0.25, 0.3) is 0 Å². The van der Waals surface area contributed by atoms with Crippen LogP contribution in [0.5, 0.6) is 0 Å². The van der Waals surface area contributed by atoms with E-state index in [0.29, 0.717) is 13.0 Å². The van der Waals surface area contributed by atoms with Crippen molar-refractivity contribution in [1.82, 2.24) is 0 Å². The van der Waals surface area contributed by atoms with Crippen LogP contribution in [0.2, 0.25) is 0 Å². The molecule has 0 aliphatic carbocycles. The van der Waals surface area contributed by atoms with E-state index in [1.165, 1.54) is 70.6 Å². The number of hydrogen-bond donors (Lipinski definition) is 0. The maximum Gasteiger partial charge on any atom is 0.309 e. The Morgan fingerprint density at radius 3 is 2.21 bits per heavy atom. The lowest BCUT2D eigenvalue weighted by Crippen LogP contribution is -2.20. The van der Waals surface area contributed by atoms with Crippen LogP contribution in [0.15, 0.2) is 35.0 Å². The van der Waals surface area contributed by atoms with Gasteiger partial charge in [0.2, 0.25) is 0 Å². The number of allylic oxidation sites excluding steroid dienone is 2. The maximum absolute atomic E-state index is 12.2. The molecule has 0 spiro atoms. The van der Waals surface area contributed by atoms with Crippen molar-refractivity contribution in [2.24, 2.45) is 5.92 Å². The average molecular weight is 391 g/mol. The van der Waals surface area contributed by atoms with Gasteiger partial charge >= 0.3 is 5.97 Å². The summed E-state index contributed by atoms with van der Waals surface area (Å²) < 4.78 is 10.6. The minimum atomic E-state index is -0.0865. The van der Waals surface area contributed by atoms with Crippen LogP contribution in [-0.2, 0) is 16.0 Å².